The summed E-state index contributed by atoms with van der Waals surface area (Å²) >= 11 is 0. The topological polar surface area (TPSA) is 39.1 Å². The Morgan fingerprint density at radius 2 is 1.64 bits per heavy atom. The number of fused-ring (bicyclic) bond motifs is 1. The monoisotopic (exact) mass is 375 g/mol. The van der Waals surface area contributed by atoms with E-state index in [1.54, 1.807) is 18.2 Å². The second kappa shape index (κ2) is 4.69. The van der Waals surface area contributed by atoms with E-state index in [0.29, 0.717) is 10.8 Å². The molecule has 25 heavy (non-hydrogen) atoms. The maximum absolute atomic E-state index is 13.0. The van der Waals surface area contributed by atoms with Crippen molar-refractivity contribution < 1.29 is 29.0 Å². The van der Waals surface area contributed by atoms with Crippen LogP contribution in [0.4, 0.5) is 19.4 Å². The molecule has 1 heterocycles. The van der Waals surface area contributed by atoms with Crippen molar-refractivity contribution in [3.8, 4) is 5.69 Å². The molecule has 0 saturated heterocycles. The summed E-state index contributed by atoms with van der Waals surface area (Å²) in [7, 11) is -9.87. The summed E-state index contributed by atoms with van der Waals surface area (Å²) < 4.78 is 66.2. The minimum atomic E-state index is -9.87. The Bertz CT molecular complexity index is 1020. The summed E-state index contributed by atoms with van der Waals surface area (Å²) in [5.74, 6) is -0.973. The molecule has 0 aliphatic rings. The zero-order valence-electron chi connectivity index (χ0n) is 12.3. The second-order valence-electron chi connectivity index (χ2n) is 5.38. The Morgan fingerprint density at radius 3 is 2.28 bits per heavy atom. The van der Waals surface area contributed by atoms with Crippen LogP contribution in [0.2, 0.25) is 0 Å². The van der Waals surface area contributed by atoms with E-state index < -0.39 is 20.9 Å². The summed E-state index contributed by atoms with van der Waals surface area (Å²) in [6.07, 6.45) is 1.34. The summed E-state index contributed by atoms with van der Waals surface area (Å²) in [5.41, 5.74) is -0.489. The van der Waals surface area contributed by atoms with E-state index in [2.05, 4.69) is 0 Å². The van der Waals surface area contributed by atoms with Crippen LogP contribution in [0.3, 0.4) is 0 Å². The first kappa shape index (κ1) is 17.2. The molecule has 132 valence electrons. The molecule has 3 rings (SSSR count). The van der Waals surface area contributed by atoms with Crippen molar-refractivity contribution in [1.29, 1.82) is 0 Å². The second-order valence-corrected chi connectivity index (χ2v) is 7.79. The van der Waals surface area contributed by atoms with Gasteiger partial charge >= 0.3 is 10.2 Å². The van der Waals surface area contributed by atoms with E-state index in [9.17, 15) is 29.0 Å². The van der Waals surface area contributed by atoms with Gasteiger partial charge in [0.25, 0.3) is 0 Å². The summed E-state index contributed by atoms with van der Waals surface area (Å²) in [5, 5.41) is 0.808. The number of aromatic nitrogens is 1. The molecule has 0 aliphatic heterocycles. The Kier molecular flexibility index (Phi) is 3.22. The number of aldehydes is 1. The molecular formula is C16H10F5NO2S. The number of ketones is 1. The van der Waals surface area contributed by atoms with E-state index in [1.807, 2.05) is 0 Å². The fourth-order valence-corrected chi connectivity index (χ4v) is 3.22. The van der Waals surface area contributed by atoms with E-state index in [4.69, 9.17) is 0 Å². The first-order chi connectivity index (χ1) is 11.4. The van der Waals surface area contributed by atoms with Crippen LogP contribution in [0, 0.1) is 0 Å². The molecule has 3 aromatic rings. The quantitative estimate of drug-likeness (QED) is 0.255. The predicted molar refractivity (Wildman–Crippen MR) is 85.1 cm³/mol. The molecule has 0 aliphatic carbocycles. The Hall–Kier alpha value is -2.68. The number of carbonyl (C=O) groups excluding carboxylic acids is 2. The van der Waals surface area contributed by atoms with Gasteiger partial charge in [-0.1, -0.05) is 49.8 Å². The highest BCUT2D eigenvalue weighted by Crippen LogP contribution is 3.02. The van der Waals surface area contributed by atoms with Gasteiger partial charge in [0.1, 0.15) is 10.6 Å². The first-order valence-electron chi connectivity index (χ1n) is 6.85. The van der Waals surface area contributed by atoms with Crippen molar-refractivity contribution in [2.24, 2.45) is 0 Å². The van der Waals surface area contributed by atoms with Gasteiger partial charge in [0, 0.05) is 22.7 Å². The van der Waals surface area contributed by atoms with E-state index >= 15 is 0 Å². The third-order valence-corrected chi connectivity index (χ3v) is 4.75. The first-order valence-corrected chi connectivity index (χ1v) is 8.80. The Labute approximate surface area is 138 Å². The van der Waals surface area contributed by atoms with Crippen LogP contribution < -0.4 is 0 Å². The number of hydrogen-bond donors (Lipinski definition) is 0. The number of hydrogen-bond acceptors (Lipinski definition) is 2. The van der Waals surface area contributed by atoms with Crippen molar-refractivity contribution in [3.05, 3.63) is 60.4 Å². The number of rotatable bonds is 4. The van der Waals surface area contributed by atoms with Crippen molar-refractivity contribution in [3.63, 3.8) is 0 Å². The number of Topliss-reactive ketones (excluding diaryl/α,β-unsaturated/α-hetero) is 1. The lowest BCUT2D eigenvalue weighted by Gasteiger charge is -2.40. The predicted octanol–water partition coefficient (Wildman–Crippen LogP) is 5.67. The highest BCUT2D eigenvalue weighted by atomic mass is 32.5. The standard InChI is InChI=1S/C16H10F5NO2S/c17-25(18,19,20,21)13-6-3-5-12(8-13)22-9-11-4-1-2-7-14(11)16(22)15(24)10-23/h1-10H. The summed E-state index contributed by atoms with van der Waals surface area (Å²) in [6, 6.07) is 8.82. The summed E-state index contributed by atoms with van der Waals surface area (Å²) in [6.45, 7) is 0. The summed E-state index contributed by atoms with van der Waals surface area (Å²) in [4.78, 5) is 20.8. The molecule has 9 heteroatoms. The fraction of sp³-hybridized carbons (Fsp3) is 0. The molecule has 0 bridgehead atoms. The molecule has 3 nitrogen and oxygen atoms in total. The zero-order valence-corrected chi connectivity index (χ0v) is 13.2. The van der Waals surface area contributed by atoms with Crippen LogP contribution in [0.5, 0.6) is 0 Å². The number of nitrogens with zero attached hydrogens (tertiary/aromatic N) is 1. The van der Waals surface area contributed by atoms with Gasteiger partial charge in [0.05, 0.1) is 0 Å². The number of benzene rings is 2. The molecule has 0 N–H and O–H groups in total. The molecule has 0 saturated carbocycles. The van der Waals surface area contributed by atoms with Crippen molar-refractivity contribution >= 4 is 33.1 Å². The third-order valence-electron chi connectivity index (χ3n) is 3.61. The average Bonchev–Trinajstić information content (AvgIpc) is 2.91. The molecule has 0 amide bonds. The van der Waals surface area contributed by atoms with Crippen LogP contribution >= 0.6 is 10.2 Å². The number of carbonyl (C=O) groups is 2. The Morgan fingerprint density at radius 1 is 0.960 bits per heavy atom. The molecule has 0 radical (unpaired) electrons. The van der Waals surface area contributed by atoms with Gasteiger partial charge in [-0.3, -0.25) is 9.59 Å². The van der Waals surface area contributed by atoms with E-state index in [-0.39, 0.29) is 29.8 Å². The van der Waals surface area contributed by atoms with Gasteiger partial charge in [-0.15, -0.1) is 0 Å². The van der Waals surface area contributed by atoms with Gasteiger partial charge in [-0.05, 0) is 18.2 Å². The zero-order chi connectivity index (χ0) is 18.5. The lowest BCUT2D eigenvalue weighted by Crippen LogP contribution is -2.10. The minimum Gasteiger partial charge on any atom is -0.312 e. The van der Waals surface area contributed by atoms with E-state index in [0.717, 1.165) is 16.7 Å². The molecule has 2 aromatic carbocycles. The Balaban J connectivity index is 2.32. The molecule has 0 spiro atoms. The van der Waals surface area contributed by atoms with Crippen molar-refractivity contribution in [2.75, 3.05) is 0 Å². The van der Waals surface area contributed by atoms with Gasteiger partial charge in [-0.25, -0.2) is 0 Å². The van der Waals surface area contributed by atoms with Crippen LogP contribution in [-0.2, 0) is 4.79 Å². The van der Waals surface area contributed by atoms with E-state index in [1.165, 1.54) is 12.3 Å². The van der Waals surface area contributed by atoms with Gasteiger partial charge in [-0.2, -0.15) is 0 Å². The highest BCUT2D eigenvalue weighted by molar-refractivity contribution is 8.45. The van der Waals surface area contributed by atoms with Gasteiger partial charge in [0.15, 0.2) is 6.29 Å². The molecule has 0 fully saturated rings. The molecular weight excluding hydrogens is 365 g/mol. The van der Waals surface area contributed by atoms with Crippen LogP contribution in [0.15, 0.2) is 59.6 Å². The van der Waals surface area contributed by atoms with Crippen LogP contribution in [0.25, 0.3) is 16.5 Å². The minimum absolute atomic E-state index is 0.0204. The third kappa shape index (κ3) is 3.14. The van der Waals surface area contributed by atoms with Crippen LogP contribution in [0.1, 0.15) is 10.5 Å². The smallest absolute Gasteiger partial charge is 0.310 e. The average molecular weight is 375 g/mol. The highest BCUT2D eigenvalue weighted by Gasteiger charge is 2.65. The molecule has 1 aromatic heterocycles. The SMILES string of the molecule is O=CC(=O)c1c2ccccc2cn1-c1cccc(S(F)(F)(F)(F)F)c1. The lowest BCUT2D eigenvalue weighted by atomic mass is 10.1. The molecule has 0 atom stereocenters. The number of halogens is 5. The fourth-order valence-electron chi connectivity index (χ4n) is 2.54. The van der Waals surface area contributed by atoms with Crippen LogP contribution in [-0.4, -0.2) is 16.6 Å². The molecule has 0 unspecified atom stereocenters. The lowest BCUT2D eigenvalue weighted by molar-refractivity contribution is -0.104. The maximum Gasteiger partial charge on any atom is 0.310 e. The van der Waals surface area contributed by atoms with Gasteiger partial charge < -0.3 is 4.57 Å². The normalized spacial score (nSPS) is 14.8. The van der Waals surface area contributed by atoms with Crippen molar-refractivity contribution in [2.45, 2.75) is 4.90 Å². The van der Waals surface area contributed by atoms with Crippen molar-refractivity contribution in [1.82, 2.24) is 4.57 Å². The maximum atomic E-state index is 13.0. The van der Waals surface area contributed by atoms with Gasteiger partial charge in [0.2, 0.25) is 5.78 Å². The largest absolute Gasteiger partial charge is 0.312 e.